The van der Waals surface area contributed by atoms with Crippen molar-refractivity contribution < 1.29 is 23.1 Å². The fourth-order valence-corrected chi connectivity index (χ4v) is 4.43. The fraction of sp³-hybridized carbons (Fsp3) is 0.440. The van der Waals surface area contributed by atoms with Gasteiger partial charge in [0.1, 0.15) is 17.4 Å². The Kier molecular flexibility index (Phi) is 7.02. The molecule has 0 N–H and O–H groups in total. The standard InChI is InChI=1S/C25H28F2N2O3/c26-20-9-10-23(27)22(15-20)25(31)29-13-5-6-18(16-29)17-32-21-8-4-7-19(14-21)24(30)28-11-2-1-3-12-28/h4,7-10,14-15,18H,1-3,5-6,11-13,16-17H2. The van der Waals surface area contributed by atoms with E-state index in [9.17, 15) is 18.4 Å². The van der Waals surface area contributed by atoms with E-state index >= 15 is 0 Å². The van der Waals surface area contributed by atoms with E-state index < -0.39 is 17.5 Å². The van der Waals surface area contributed by atoms with Crippen LogP contribution in [0.5, 0.6) is 5.75 Å². The molecular weight excluding hydrogens is 414 g/mol. The Morgan fingerprint density at radius 2 is 1.69 bits per heavy atom. The maximum atomic E-state index is 14.0. The lowest BCUT2D eigenvalue weighted by atomic mass is 9.98. The quantitative estimate of drug-likeness (QED) is 0.684. The van der Waals surface area contributed by atoms with Crippen LogP contribution in [0.1, 0.15) is 52.8 Å². The number of rotatable bonds is 5. The minimum absolute atomic E-state index is 0.0294. The number of piperidine rings is 2. The van der Waals surface area contributed by atoms with Crippen LogP contribution in [0.15, 0.2) is 42.5 Å². The number of amides is 2. The summed E-state index contributed by atoms with van der Waals surface area (Å²) >= 11 is 0. The van der Waals surface area contributed by atoms with Gasteiger partial charge in [-0.2, -0.15) is 0 Å². The summed E-state index contributed by atoms with van der Waals surface area (Å²) in [6.45, 7) is 2.90. The maximum Gasteiger partial charge on any atom is 0.256 e. The molecule has 0 saturated carbocycles. The highest BCUT2D eigenvalue weighted by atomic mass is 19.1. The predicted octanol–water partition coefficient (Wildman–Crippen LogP) is 4.52. The molecule has 2 heterocycles. The van der Waals surface area contributed by atoms with Gasteiger partial charge in [0.2, 0.25) is 0 Å². The molecule has 2 amide bonds. The van der Waals surface area contributed by atoms with E-state index in [0.717, 1.165) is 57.0 Å². The molecule has 2 aromatic rings. The van der Waals surface area contributed by atoms with Crippen LogP contribution >= 0.6 is 0 Å². The summed E-state index contributed by atoms with van der Waals surface area (Å²) in [5.41, 5.74) is 0.377. The van der Waals surface area contributed by atoms with Crippen molar-refractivity contribution in [1.29, 1.82) is 0 Å². The molecule has 0 spiro atoms. The third-order valence-corrected chi connectivity index (χ3v) is 6.17. The number of carbonyl (C=O) groups excluding carboxylic acids is 2. The number of hydrogen-bond acceptors (Lipinski definition) is 3. The van der Waals surface area contributed by atoms with E-state index in [0.29, 0.717) is 31.0 Å². The predicted molar refractivity (Wildman–Crippen MR) is 117 cm³/mol. The van der Waals surface area contributed by atoms with Crippen LogP contribution in [-0.4, -0.2) is 54.4 Å². The van der Waals surface area contributed by atoms with Crippen molar-refractivity contribution in [2.75, 3.05) is 32.8 Å². The second kappa shape index (κ2) is 10.1. The number of likely N-dealkylation sites (tertiary alicyclic amines) is 2. The minimum Gasteiger partial charge on any atom is -0.493 e. The summed E-state index contributed by atoms with van der Waals surface area (Å²) in [6.07, 6.45) is 4.89. The summed E-state index contributed by atoms with van der Waals surface area (Å²) < 4.78 is 33.5. The van der Waals surface area contributed by atoms with E-state index in [1.165, 1.54) is 6.42 Å². The first-order valence-corrected chi connectivity index (χ1v) is 11.3. The second-order valence-corrected chi connectivity index (χ2v) is 8.58. The van der Waals surface area contributed by atoms with Crippen LogP contribution in [0.25, 0.3) is 0 Å². The molecule has 7 heteroatoms. The molecule has 0 aromatic heterocycles. The average molecular weight is 443 g/mol. The van der Waals surface area contributed by atoms with Gasteiger partial charge < -0.3 is 14.5 Å². The third kappa shape index (κ3) is 5.26. The van der Waals surface area contributed by atoms with E-state index in [4.69, 9.17) is 4.74 Å². The number of halogens is 2. The number of benzene rings is 2. The summed E-state index contributed by atoms with van der Waals surface area (Å²) in [4.78, 5) is 28.9. The van der Waals surface area contributed by atoms with E-state index in [1.807, 2.05) is 17.0 Å². The molecule has 0 radical (unpaired) electrons. The van der Waals surface area contributed by atoms with Crippen LogP contribution in [0.2, 0.25) is 0 Å². The molecule has 2 aromatic carbocycles. The van der Waals surface area contributed by atoms with Crippen molar-refractivity contribution in [2.45, 2.75) is 32.1 Å². The minimum atomic E-state index is -0.718. The van der Waals surface area contributed by atoms with E-state index in [2.05, 4.69) is 0 Å². The Morgan fingerprint density at radius 1 is 0.906 bits per heavy atom. The first-order valence-electron chi connectivity index (χ1n) is 11.3. The van der Waals surface area contributed by atoms with Crippen molar-refractivity contribution >= 4 is 11.8 Å². The lowest BCUT2D eigenvalue weighted by Crippen LogP contribution is -2.42. The Hall–Kier alpha value is -2.96. The van der Waals surface area contributed by atoms with Crippen molar-refractivity contribution in [3.8, 4) is 5.75 Å². The Morgan fingerprint density at radius 3 is 2.50 bits per heavy atom. The van der Waals surface area contributed by atoms with Crippen molar-refractivity contribution in [3.63, 3.8) is 0 Å². The van der Waals surface area contributed by atoms with Gasteiger partial charge in [0.15, 0.2) is 0 Å². The SMILES string of the molecule is O=C(c1cccc(OCC2CCCN(C(=O)c3cc(F)ccc3F)C2)c1)N1CCCCC1. The Labute approximate surface area is 187 Å². The molecule has 1 atom stereocenters. The van der Waals surface area contributed by atoms with Gasteiger partial charge >= 0.3 is 0 Å². The zero-order valence-electron chi connectivity index (χ0n) is 18.1. The lowest BCUT2D eigenvalue weighted by Gasteiger charge is -2.32. The molecule has 0 aliphatic carbocycles. The van der Waals surface area contributed by atoms with Gasteiger partial charge in [0.25, 0.3) is 11.8 Å². The van der Waals surface area contributed by atoms with Crippen LogP contribution in [0.4, 0.5) is 8.78 Å². The largest absolute Gasteiger partial charge is 0.493 e. The van der Waals surface area contributed by atoms with Gasteiger partial charge in [-0.25, -0.2) is 8.78 Å². The fourth-order valence-electron chi connectivity index (χ4n) is 4.43. The zero-order chi connectivity index (χ0) is 22.5. The molecule has 170 valence electrons. The zero-order valence-corrected chi connectivity index (χ0v) is 18.1. The van der Waals surface area contributed by atoms with Crippen LogP contribution in [0, 0.1) is 17.6 Å². The van der Waals surface area contributed by atoms with Crippen LogP contribution < -0.4 is 4.74 Å². The maximum absolute atomic E-state index is 14.0. The molecule has 2 aliphatic heterocycles. The second-order valence-electron chi connectivity index (χ2n) is 8.58. The van der Waals surface area contributed by atoms with Gasteiger partial charge in [0, 0.05) is 37.7 Å². The number of ether oxygens (including phenoxy) is 1. The van der Waals surface area contributed by atoms with Gasteiger partial charge in [-0.1, -0.05) is 6.07 Å². The molecule has 2 saturated heterocycles. The molecule has 5 nitrogen and oxygen atoms in total. The Bertz CT molecular complexity index is 975. The van der Waals surface area contributed by atoms with Crippen LogP contribution in [0.3, 0.4) is 0 Å². The molecule has 2 fully saturated rings. The highest BCUT2D eigenvalue weighted by molar-refractivity contribution is 5.95. The summed E-state index contributed by atoms with van der Waals surface area (Å²) in [5, 5.41) is 0. The average Bonchev–Trinajstić information content (AvgIpc) is 2.84. The van der Waals surface area contributed by atoms with E-state index in [-0.39, 0.29) is 17.4 Å². The van der Waals surface area contributed by atoms with E-state index in [1.54, 1.807) is 17.0 Å². The smallest absolute Gasteiger partial charge is 0.256 e. The normalized spacial score (nSPS) is 19.0. The molecule has 4 rings (SSSR count). The highest BCUT2D eigenvalue weighted by Crippen LogP contribution is 2.23. The first kappa shape index (κ1) is 22.2. The lowest BCUT2D eigenvalue weighted by molar-refractivity contribution is 0.0626. The molecule has 2 aliphatic rings. The van der Waals surface area contributed by atoms with Crippen molar-refractivity contribution in [1.82, 2.24) is 9.80 Å². The summed E-state index contributed by atoms with van der Waals surface area (Å²) in [6, 6.07) is 10.1. The highest BCUT2D eigenvalue weighted by Gasteiger charge is 2.27. The molecule has 0 bridgehead atoms. The summed E-state index contributed by atoms with van der Waals surface area (Å²) in [5.74, 6) is -1.13. The van der Waals surface area contributed by atoms with Gasteiger partial charge in [0.05, 0.1) is 12.2 Å². The topological polar surface area (TPSA) is 49.9 Å². The van der Waals surface area contributed by atoms with Crippen molar-refractivity contribution in [2.24, 2.45) is 5.92 Å². The summed E-state index contributed by atoms with van der Waals surface area (Å²) in [7, 11) is 0. The van der Waals surface area contributed by atoms with Gasteiger partial charge in [-0.3, -0.25) is 9.59 Å². The van der Waals surface area contributed by atoms with Crippen molar-refractivity contribution in [3.05, 3.63) is 65.2 Å². The monoisotopic (exact) mass is 442 g/mol. The van der Waals surface area contributed by atoms with Gasteiger partial charge in [-0.05, 0) is 68.5 Å². The number of hydrogen-bond donors (Lipinski definition) is 0. The van der Waals surface area contributed by atoms with Crippen LogP contribution in [-0.2, 0) is 0 Å². The molecular formula is C25H28F2N2O3. The molecule has 1 unspecified atom stereocenters. The molecule has 32 heavy (non-hydrogen) atoms. The number of nitrogens with zero attached hydrogens (tertiary/aromatic N) is 2. The third-order valence-electron chi connectivity index (χ3n) is 6.17. The number of carbonyl (C=O) groups is 2. The first-order chi connectivity index (χ1) is 15.5. The Balaban J connectivity index is 1.35. The van der Waals surface area contributed by atoms with Gasteiger partial charge in [-0.15, -0.1) is 0 Å².